The molecule has 1 atom stereocenters. The second-order valence-corrected chi connectivity index (χ2v) is 11.3. The number of rotatable bonds is 3. The van der Waals surface area contributed by atoms with E-state index in [1.165, 1.54) is 42.1 Å². The summed E-state index contributed by atoms with van der Waals surface area (Å²) in [6.45, 7) is 6.54. The lowest BCUT2D eigenvalue weighted by Gasteiger charge is -2.33. The van der Waals surface area contributed by atoms with Gasteiger partial charge in [-0.05, 0) is 62.7 Å². The molecule has 2 heterocycles. The highest BCUT2D eigenvalue weighted by Gasteiger charge is 2.63. The Balaban J connectivity index is 1.65. The number of halogens is 2. The van der Waals surface area contributed by atoms with Crippen molar-refractivity contribution in [2.75, 3.05) is 11.4 Å². The fraction of sp³-hybridized carbons (Fsp3) is 0.259. The number of fused-ring (bicyclic) bond motifs is 2. The molecular weight excluding hydrogens is 454 g/mol. The average Bonchev–Trinajstić information content (AvgIpc) is 3.20. The third kappa shape index (κ3) is 3.59. The van der Waals surface area contributed by atoms with Crippen LogP contribution in [0, 0.1) is 18.6 Å². The number of aryl methyl sites for hydroxylation is 1. The molecule has 3 aromatic carbocycles. The summed E-state index contributed by atoms with van der Waals surface area (Å²) in [6.07, 6.45) is 0. The third-order valence-corrected chi connectivity index (χ3v) is 7.85. The van der Waals surface area contributed by atoms with Crippen molar-refractivity contribution in [3.63, 3.8) is 0 Å². The highest BCUT2D eigenvalue weighted by Crippen LogP contribution is 2.60. The van der Waals surface area contributed by atoms with Gasteiger partial charge in [-0.25, -0.2) is 8.78 Å². The van der Waals surface area contributed by atoms with Gasteiger partial charge in [-0.2, -0.15) is 0 Å². The molecule has 2 aliphatic rings. The fourth-order valence-electron chi connectivity index (χ4n) is 4.82. The Hall–Kier alpha value is -3.19. The van der Waals surface area contributed by atoms with Gasteiger partial charge in [0.1, 0.15) is 11.6 Å². The van der Waals surface area contributed by atoms with E-state index in [9.17, 15) is 18.4 Å². The third-order valence-electron chi connectivity index (χ3n) is 6.26. The van der Waals surface area contributed by atoms with Gasteiger partial charge < -0.3 is 9.80 Å². The van der Waals surface area contributed by atoms with E-state index >= 15 is 0 Å². The zero-order chi connectivity index (χ0) is 24.3. The Morgan fingerprint density at radius 2 is 1.74 bits per heavy atom. The van der Waals surface area contributed by atoms with Crippen molar-refractivity contribution in [2.24, 2.45) is 0 Å². The summed E-state index contributed by atoms with van der Waals surface area (Å²) >= 11 is 1.45. The quantitative estimate of drug-likeness (QED) is 0.489. The van der Waals surface area contributed by atoms with E-state index in [1.54, 1.807) is 28.0 Å². The normalized spacial score (nSPS) is 20.8. The molecule has 174 valence electrons. The van der Waals surface area contributed by atoms with Crippen molar-refractivity contribution in [2.45, 2.75) is 36.9 Å². The Bertz CT molecular complexity index is 1310. The van der Waals surface area contributed by atoms with Gasteiger partial charge in [0.25, 0.3) is 11.8 Å². The van der Waals surface area contributed by atoms with E-state index in [-0.39, 0.29) is 29.7 Å². The zero-order valence-electron chi connectivity index (χ0n) is 19.1. The van der Waals surface area contributed by atoms with Crippen LogP contribution in [0.1, 0.15) is 40.9 Å². The van der Waals surface area contributed by atoms with Crippen LogP contribution in [0.3, 0.4) is 0 Å². The van der Waals surface area contributed by atoms with E-state index in [0.29, 0.717) is 6.54 Å². The zero-order valence-corrected chi connectivity index (χ0v) is 20.0. The molecule has 1 unspecified atom stereocenters. The second kappa shape index (κ2) is 7.94. The van der Waals surface area contributed by atoms with Crippen LogP contribution in [0.5, 0.6) is 0 Å². The Labute approximate surface area is 201 Å². The number of benzene rings is 3. The summed E-state index contributed by atoms with van der Waals surface area (Å²) in [5, 5.41) is 0. The first-order valence-corrected chi connectivity index (χ1v) is 11.9. The highest BCUT2D eigenvalue weighted by molar-refractivity contribution is 8.02. The summed E-state index contributed by atoms with van der Waals surface area (Å²) in [5.41, 5.74) is 3.43. The van der Waals surface area contributed by atoms with Crippen LogP contribution in [0.4, 0.5) is 14.5 Å². The number of hydrogen-bond donors (Lipinski definition) is 0. The molecule has 0 aromatic heterocycles. The molecule has 3 aromatic rings. The van der Waals surface area contributed by atoms with E-state index in [2.05, 4.69) is 0 Å². The van der Waals surface area contributed by atoms with Crippen molar-refractivity contribution in [1.29, 1.82) is 0 Å². The van der Waals surface area contributed by atoms with Crippen molar-refractivity contribution in [3.8, 4) is 0 Å². The molecule has 0 bridgehead atoms. The average molecular weight is 479 g/mol. The minimum Gasteiger partial charge on any atom is -0.310 e. The fourth-order valence-corrected chi connectivity index (χ4v) is 6.55. The van der Waals surface area contributed by atoms with Crippen LogP contribution in [-0.2, 0) is 16.2 Å². The van der Waals surface area contributed by atoms with E-state index < -0.39 is 15.4 Å². The maximum atomic E-state index is 14.2. The molecular formula is C27H24F2N2O2S. The second-order valence-electron chi connectivity index (χ2n) is 9.45. The molecule has 0 N–H and O–H groups in total. The topological polar surface area (TPSA) is 40.6 Å². The van der Waals surface area contributed by atoms with Crippen LogP contribution in [0.2, 0.25) is 0 Å². The Morgan fingerprint density at radius 3 is 2.44 bits per heavy atom. The summed E-state index contributed by atoms with van der Waals surface area (Å²) in [5.74, 6) is -1.46. The molecule has 7 heteroatoms. The number of amides is 2. The number of thioether (sulfide) groups is 1. The van der Waals surface area contributed by atoms with Crippen LogP contribution >= 0.6 is 11.8 Å². The van der Waals surface area contributed by atoms with Crippen LogP contribution in [0.15, 0.2) is 66.7 Å². The van der Waals surface area contributed by atoms with E-state index in [1.807, 2.05) is 39.0 Å². The van der Waals surface area contributed by atoms with Gasteiger partial charge in [-0.1, -0.05) is 35.9 Å². The van der Waals surface area contributed by atoms with Crippen molar-refractivity contribution < 1.29 is 18.4 Å². The number of hydrogen-bond acceptors (Lipinski definition) is 3. The van der Waals surface area contributed by atoms with Gasteiger partial charge in [0.15, 0.2) is 4.87 Å². The van der Waals surface area contributed by atoms with Gasteiger partial charge in [-0.3, -0.25) is 9.59 Å². The molecule has 0 aliphatic carbocycles. The lowest BCUT2D eigenvalue weighted by atomic mass is 10.0. The highest BCUT2D eigenvalue weighted by atomic mass is 32.2. The number of carbonyl (C=O) groups excluding carboxylic acids is 2. The SMILES string of the molecule is Cc1ccc2c(c1)C1(SC(C)(C)CN1C(=O)c1cccc(F)c1)C(=O)N2Cc1ccc(F)cc1. The molecule has 4 nitrogen and oxygen atoms in total. The molecule has 5 rings (SSSR count). The molecule has 2 amide bonds. The monoisotopic (exact) mass is 478 g/mol. The molecule has 1 saturated heterocycles. The first kappa shape index (κ1) is 22.6. The molecule has 0 saturated carbocycles. The molecule has 2 aliphatic heterocycles. The van der Waals surface area contributed by atoms with Gasteiger partial charge in [0.05, 0.1) is 12.2 Å². The number of anilines is 1. The minimum absolute atomic E-state index is 0.205. The first-order chi connectivity index (χ1) is 16.1. The smallest absolute Gasteiger partial charge is 0.268 e. The Morgan fingerprint density at radius 1 is 1.00 bits per heavy atom. The molecule has 0 radical (unpaired) electrons. The summed E-state index contributed by atoms with van der Waals surface area (Å²) in [7, 11) is 0. The standard InChI is InChI=1S/C27H24F2N2O2S/c1-17-7-12-23-22(13-17)27(25(33)30(23)15-18-8-10-20(28)11-9-18)31(16-26(2,3)34-27)24(32)19-5-4-6-21(29)14-19/h4-14H,15-16H2,1-3H3. The molecule has 34 heavy (non-hydrogen) atoms. The number of nitrogens with zero attached hydrogens (tertiary/aromatic N) is 2. The lowest BCUT2D eigenvalue weighted by Crippen LogP contribution is -2.50. The maximum absolute atomic E-state index is 14.2. The number of carbonyl (C=O) groups is 2. The van der Waals surface area contributed by atoms with Crippen molar-refractivity contribution in [1.82, 2.24) is 4.90 Å². The Kier molecular flexibility index (Phi) is 5.28. The summed E-state index contributed by atoms with van der Waals surface area (Å²) < 4.78 is 27.0. The van der Waals surface area contributed by atoms with E-state index in [0.717, 1.165) is 22.4 Å². The predicted octanol–water partition coefficient (Wildman–Crippen LogP) is 5.64. The van der Waals surface area contributed by atoms with Crippen LogP contribution < -0.4 is 4.90 Å². The van der Waals surface area contributed by atoms with Crippen molar-refractivity contribution >= 4 is 29.3 Å². The van der Waals surface area contributed by atoms with Crippen molar-refractivity contribution in [3.05, 3.63) is 101 Å². The minimum atomic E-state index is -1.27. The predicted molar refractivity (Wildman–Crippen MR) is 130 cm³/mol. The van der Waals surface area contributed by atoms with Crippen LogP contribution in [-0.4, -0.2) is 28.0 Å². The summed E-state index contributed by atoms with van der Waals surface area (Å²) in [6, 6.07) is 17.4. The summed E-state index contributed by atoms with van der Waals surface area (Å²) in [4.78, 5) is 30.0. The van der Waals surface area contributed by atoms with Gasteiger partial charge in [0.2, 0.25) is 0 Å². The van der Waals surface area contributed by atoms with Crippen LogP contribution in [0.25, 0.3) is 0 Å². The van der Waals surface area contributed by atoms with Gasteiger partial charge in [0, 0.05) is 22.4 Å². The van der Waals surface area contributed by atoms with E-state index in [4.69, 9.17) is 0 Å². The maximum Gasteiger partial charge on any atom is 0.268 e. The molecule has 1 fully saturated rings. The lowest BCUT2D eigenvalue weighted by molar-refractivity contribution is -0.123. The van der Waals surface area contributed by atoms with Gasteiger partial charge >= 0.3 is 0 Å². The molecule has 1 spiro atoms. The van der Waals surface area contributed by atoms with Gasteiger partial charge in [-0.15, -0.1) is 11.8 Å². The largest absolute Gasteiger partial charge is 0.310 e. The first-order valence-electron chi connectivity index (χ1n) is 11.1.